The van der Waals surface area contributed by atoms with Gasteiger partial charge in [0.25, 0.3) is 0 Å². The summed E-state index contributed by atoms with van der Waals surface area (Å²) in [5.41, 5.74) is 0.128. The van der Waals surface area contributed by atoms with Crippen LogP contribution < -0.4 is 0 Å². The Labute approximate surface area is 81.0 Å². The Kier molecular flexibility index (Phi) is 2.77. The number of rotatable bonds is 0. The topological polar surface area (TPSA) is 38.7 Å². The van der Waals surface area contributed by atoms with E-state index in [4.69, 9.17) is 9.05 Å². The van der Waals surface area contributed by atoms with E-state index in [-0.39, 0.29) is 10.8 Å². The van der Waals surface area contributed by atoms with Gasteiger partial charge in [-0.3, -0.25) is 0 Å². The van der Waals surface area contributed by atoms with Gasteiger partial charge in [-0.05, 0) is 5.41 Å². The van der Waals surface area contributed by atoms with Crippen LogP contribution >= 0.6 is 7.94 Å². The lowest BCUT2D eigenvalue weighted by Gasteiger charge is -2.43. The molecule has 1 rings (SSSR count). The molecule has 0 aliphatic carbocycles. The van der Waals surface area contributed by atoms with E-state index < -0.39 is 7.94 Å². The van der Waals surface area contributed by atoms with Gasteiger partial charge in [-0.1, -0.05) is 27.7 Å². The summed E-state index contributed by atoms with van der Waals surface area (Å²) in [5, 5.41) is 0. The van der Waals surface area contributed by atoms with Gasteiger partial charge in [0.05, 0.1) is 0 Å². The van der Waals surface area contributed by atoms with Crippen molar-refractivity contribution in [2.24, 2.45) is 10.8 Å². The third kappa shape index (κ3) is 2.41. The lowest BCUT2D eigenvalue weighted by atomic mass is 9.69. The highest BCUT2D eigenvalue weighted by Crippen LogP contribution is 2.60. The zero-order valence-corrected chi connectivity index (χ0v) is 10.0. The molecule has 3 nitrogen and oxygen atoms in total. The fourth-order valence-electron chi connectivity index (χ4n) is 1.04. The Hall–Kier alpha value is 0.310. The lowest BCUT2D eigenvalue weighted by Crippen LogP contribution is -2.44. The van der Waals surface area contributed by atoms with Gasteiger partial charge in [0.15, 0.2) is 0 Å². The van der Waals surface area contributed by atoms with Crippen molar-refractivity contribution in [1.82, 2.24) is 0 Å². The highest BCUT2D eigenvalue weighted by atomic mass is 31.2. The second-order valence-corrected chi connectivity index (χ2v) is 7.28. The molecule has 1 aliphatic heterocycles. The first-order valence-corrected chi connectivity index (χ1v) is 6.57. The van der Waals surface area contributed by atoms with Gasteiger partial charge in [0.2, 0.25) is 0 Å². The average molecular weight is 207 g/mol. The molecule has 0 atom stereocenters. The van der Waals surface area contributed by atoms with E-state index in [1.807, 2.05) is 0 Å². The summed E-state index contributed by atoms with van der Waals surface area (Å²) in [6.45, 7) is 11.4. The maximum Gasteiger partial charge on any atom is 0.405 e. The highest BCUT2D eigenvalue weighted by Gasteiger charge is 2.50. The first-order valence-electron chi connectivity index (χ1n) is 4.55. The van der Waals surface area contributed by atoms with Crippen LogP contribution in [-0.2, 0) is 9.05 Å². The molecule has 0 aromatic rings. The molecule has 0 bridgehead atoms. The van der Waals surface area contributed by atoms with Gasteiger partial charge in [-0.15, -0.1) is 0 Å². The molecule has 0 amide bonds. The van der Waals surface area contributed by atoms with E-state index in [1.54, 1.807) is 6.66 Å². The molecular formula is C9H20O3P+. The number of hydrogen-bond acceptors (Lipinski definition) is 3. The molecule has 0 spiro atoms. The van der Waals surface area contributed by atoms with Crippen molar-refractivity contribution >= 4 is 7.94 Å². The summed E-state index contributed by atoms with van der Waals surface area (Å²) in [5.74, 6) is 0. The summed E-state index contributed by atoms with van der Waals surface area (Å²) >= 11 is 0. The van der Waals surface area contributed by atoms with Crippen LogP contribution in [-0.4, -0.2) is 24.8 Å². The molecule has 1 saturated heterocycles. The van der Waals surface area contributed by atoms with Crippen molar-refractivity contribution in [2.75, 3.05) is 19.9 Å². The van der Waals surface area contributed by atoms with Crippen molar-refractivity contribution in [3.05, 3.63) is 0 Å². The largest absolute Gasteiger partial charge is 0.405 e. The van der Waals surface area contributed by atoms with E-state index in [9.17, 15) is 4.89 Å². The molecule has 1 aliphatic rings. The van der Waals surface area contributed by atoms with Crippen LogP contribution in [0.5, 0.6) is 0 Å². The molecule has 13 heavy (non-hydrogen) atoms. The van der Waals surface area contributed by atoms with E-state index in [1.165, 1.54) is 0 Å². The molecule has 0 aromatic carbocycles. The van der Waals surface area contributed by atoms with E-state index in [2.05, 4.69) is 27.7 Å². The third-order valence-electron chi connectivity index (χ3n) is 3.06. The van der Waals surface area contributed by atoms with Crippen LogP contribution in [0.2, 0.25) is 0 Å². The Balaban J connectivity index is 2.68. The first-order chi connectivity index (χ1) is 5.66. The first kappa shape index (κ1) is 11.4. The van der Waals surface area contributed by atoms with Gasteiger partial charge < -0.3 is 0 Å². The molecule has 1 N–H and O–H groups in total. The van der Waals surface area contributed by atoms with Crippen molar-refractivity contribution in [3.63, 3.8) is 0 Å². The molecule has 0 radical (unpaired) electrons. The Morgan fingerprint density at radius 2 is 1.62 bits per heavy atom. The summed E-state index contributed by atoms with van der Waals surface area (Å²) in [6.07, 6.45) is 0. The molecule has 78 valence electrons. The summed E-state index contributed by atoms with van der Waals surface area (Å²) < 4.78 is 10.7. The SMILES string of the molecule is CC(C)(C)C1(C)CO[P+](C)(O)OC1. The number of hydrogen-bond donors (Lipinski definition) is 1. The van der Waals surface area contributed by atoms with Crippen LogP contribution in [0, 0.1) is 10.8 Å². The van der Waals surface area contributed by atoms with Gasteiger partial charge in [-0.25, -0.2) is 0 Å². The molecule has 4 heteroatoms. The quantitative estimate of drug-likeness (QED) is 0.620. The zero-order valence-electron chi connectivity index (χ0n) is 9.13. The molecule has 0 aromatic heterocycles. The van der Waals surface area contributed by atoms with Gasteiger partial charge >= 0.3 is 7.94 Å². The zero-order chi connectivity index (χ0) is 10.3. The second kappa shape index (κ2) is 3.16. The predicted octanol–water partition coefficient (Wildman–Crippen LogP) is 2.47. The summed E-state index contributed by atoms with van der Waals surface area (Å²) in [7, 11) is -2.49. The second-order valence-electron chi connectivity index (χ2n) is 5.16. The highest BCUT2D eigenvalue weighted by molar-refractivity contribution is 7.59. The molecule has 0 unspecified atom stereocenters. The van der Waals surface area contributed by atoms with Crippen LogP contribution in [0.1, 0.15) is 27.7 Å². The van der Waals surface area contributed by atoms with E-state index >= 15 is 0 Å². The molecule has 1 heterocycles. The van der Waals surface area contributed by atoms with E-state index in [0.717, 1.165) is 0 Å². The van der Waals surface area contributed by atoms with Crippen molar-refractivity contribution < 1.29 is 13.9 Å². The average Bonchev–Trinajstić information content (AvgIpc) is 1.94. The van der Waals surface area contributed by atoms with Crippen molar-refractivity contribution in [3.8, 4) is 0 Å². The third-order valence-corrected chi connectivity index (χ3v) is 4.27. The minimum Gasteiger partial charge on any atom is -0.193 e. The fraction of sp³-hybridized carbons (Fsp3) is 1.00. The standard InChI is InChI=1S/C9H20O3P/c1-8(2,3)9(4)6-11-13(5,10)12-7-9/h10H,6-7H2,1-5H3/q+1. The summed E-state index contributed by atoms with van der Waals surface area (Å²) in [4.78, 5) is 9.54. The summed E-state index contributed by atoms with van der Waals surface area (Å²) in [6, 6.07) is 0. The van der Waals surface area contributed by atoms with Gasteiger partial charge in [0.1, 0.15) is 19.9 Å². The lowest BCUT2D eigenvalue weighted by molar-refractivity contribution is -0.0493. The van der Waals surface area contributed by atoms with Crippen LogP contribution in [0.15, 0.2) is 0 Å². The van der Waals surface area contributed by atoms with Crippen LogP contribution in [0.4, 0.5) is 0 Å². The minimum absolute atomic E-state index is 0.00472. The van der Waals surface area contributed by atoms with Gasteiger partial charge in [0, 0.05) is 5.41 Å². The Morgan fingerprint density at radius 1 is 1.23 bits per heavy atom. The molecule has 1 fully saturated rings. The minimum atomic E-state index is -2.49. The monoisotopic (exact) mass is 207 g/mol. The van der Waals surface area contributed by atoms with Gasteiger partial charge in [-0.2, -0.15) is 13.9 Å². The smallest absolute Gasteiger partial charge is 0.193 e. The van der Waals surface area contributed by atoms with Crippen LogP contribution in [0.25, 0.3) is 0 Å². The van der Waals surface area contributed by atoms with Crippen LogP contribution in [0.3, 0.4) is 0 Å². The normalized spacial score (nSPS) is 42.0. The maximum atomic E-state index is 9.54. The van der Waals surface area contributed by atoms with E-state index in [0.29, 0.717) is 13.2 Å². The Bertz CT molecular complexity index is 186. The predicted molar refractivity (Wildman–Crippen MR) is 54.5 cm³/mol. The van der Waals surface area contributed by atoms with Crippen molar-refractivity contribution in [1.29, 1.82) is 0 Å². The molecular weight excluding hydrogens is 187 g/mol. The Morgan fingerprint density at radius 3 is 1.92 bits per heavy atom. The molecule has 0 saturated carbocycles. The maximum absolute atomic E-state index is 9.54. The van der Waals surface area contributed by atoms with Crippen molar-refractivity contribution in [2.45, 2.75) is 27.7 Å². The fourth-order valence-corrected chi connectivity index (χ4v) is 2.16.